The fourth-order valence-electron chi connectivity index (χ4n) is 2.40. The lowest BCUT2D eigenvalue weighted by Crippen LogP contribution is -2.17. The van der Waals surface area contributed by atoms with E-state index in [1.54, 1.807) is 43.4 Å². The molecule has 1 amide bonds. The smallest absolute Gasteiger partial charge is 0.408 e. The second-order valence-electron chi connectivity index (χ2n) is 5.54. The van der Waals surface area contributed by atoms with Gasteiger partial charge in [-0.25, -0.2) is 13.2 Å². The van der Waals surface area contributed by atoms with Crippen LogP contribution >= 0.6 is 0 Å². The second kappa shape index (κ2) is 6.56. The topological polar surface area (TPSA) is 98.4 Å². The van der Waals surface area contributed by atoms with Crippen molar-refractivity contribution in [3.63, 3.8) is 0 Å². The maximum atomic E-state index is 12.2. The van der Waals surface area contributed by atoms with E-state index in [0.29, 0.717) is 16.8 Å². The third-order valence-corrected chi connectivity index (χ3v) is 5.51. The van der Waals surface area contributed by atoms with E-state index >= 15 is 0 Å². The van der Waals surface area contributed by atoms with Gasteiger partial charge < -0.3 is 9.73 Å². The molecular formula is C17H16N2O5S. The summed E-state index contributed by atoms with van der Waals surface area (Å²) < 4.78 is 30.7. The predicted octanol–water partition coefficient (Wildman–Crippen LogP) is 1.93. The molecule has 0 aliphatic rings. The Hall–Kier alpha value is -2.87. The molecule has 0 atom stereocenters. The van der Waals surface area contributed by atoms with Crippen LogP contribution in [0.5, 0.6) is 0 Å². The molecule has 8 heteroatoms. The Kier molecular flexibility index (Phi) is 4.45. The number of aryl methyl sites for hydroxylation is 1. The molecule has 2 aromatic carbocycles. The van der Waals surface area contributed by atoms with Gasteiger partial charge in [0.2, 0.25) is 5.91 Å². The van der Waals surface area contributed by atoms with E-state index < -0.39 is 21.5 Å². The van der Waals surface area contributed by atoms with Crippen molar-refractivity contribution in [1.29, 1.82) is 0 Å². The van der Waals surface area contributed by atoms with E-state index in [1.165, 1.54) is 16.7 Å². The van der Waals surface area contributed by atoms with Gasteiger partial charge in [-0.05, 0) is 30.3 Å². The summed E-state index contributed by atoms with van der Waals surface area (Å²) in [6.45, 7) is 0. The summed E-state index contributed by atoms with van der Waals surface area (Å²) in [5.74, 6) is -1.20. The molecule has 3 aromatic rings. The van der Waals surface area contributed by atoms with E-state index in [4.69, 9.17) is 4.42 Å². The van der Waals surface area contributed by atoms with Crippen LogP contribution < -0.4 is 11.1 Å². The Labute approximate surface area is 143 Å². The molecular weight excluding hydrogens is 344 g/mol. The summed E-state index contributed by atoms with van der Waals surface area (Å²) in [4.78, 5) is 23.7. The van der Waals surface area contributed by atoms with Gasteiger partial charge in [-0.1, -0.05) is 18.2 Å². The van der Waals surface area contributed by atoms with E-state index in [2.05, 4.69) is 5.32 Å². The first-order valence-electron chi connectivity index (χ1n) is 7.54. The van der Waals surface area contributed by atoms with Gasteiger partial charge in [-0.2, -0.15) is 0 Å². The van der Waals surface area contributed by atoms with Gasteiger partial charge in [0.25, 0.3) is 0 Å². The van der Waals surface area contributed by atoms with Gasteiger partial charge in [0.15, 0.2) is 15.4 Å². The number of benzene rings is 2. The zero-order valence-corrected chi connectivity index (χ0v) is 14.2. The molecule has 1 heterocycles. The molecule has 130 valence electrons. The Bertz CT molecular complexity index is 1080. The molecule has 25 heavy (non-hydrogen) atoms. The molecule has 0 fully saturated rings. The number of hydrogen-bond acceptors (Lipinski definition) is 5. The number of aromatic nitrogens is 1. The number of sulfone groups is 1. The fourth-order valence-corrected chi connectivity index (χ4v) is 3.66. The van der Waals surface area contributed by atoms with Gasteiger partial charge in [-0.3, -0.25) is 9.36 Å². The maximum absolute atomic E-state index is 12.2. The summed E-state index contributed by atoms with van der Waals surface area (Å²) in [7, 11) is -1.95. The molecule has 1 N–H and O–H groups in total. The third-order valence-electron chi connectivity index (χ3n) is 3.78. The highest BCUT2D eigenvalue weighted by molar-refractivity contribution is 7.91. The number of carbonyl (C=O) groups excluding carboxylic acids is 1. The first kappa shape index (κ1) is 17.0. The van der Waals surface area contributed by atoms with E-state index in [9.17, 15) is 18.0 Å². The lowest BCUT2D eigenvalue weighted by atomic mass is 10.2. The quantitative estimate of drug-likeness (QED) is 0.750. The minimum atomic E-state index is -3.51. The molecule has 7 nitrogen and oxygen atoms in total. The number of anilines is 1. The van der Waals surface area contributed by atoms with Crippen LogP contribution in [-0.4, -0.2) is 24.6 Å². The number of hydrogen-bond donors (Lipinski definition) is 1. The highest BCUT2D eigenvalue weighted by Crippen LogP contribution is 2.18. The lowest BCUT2D eigenvalue weighted by Gasteiger charge is -2.06. The highest BCUT2D eigenvalue weighted by atomic mass is 32.2. The van der Waals surface area contributed by atoms with Crippen molar-refractivity contribution in [3.05, 3.63) is 59.1 Å². The molecule has 0 bridgehead atoms. The zero-order chi connectivity index (χ0) is 18.0. The average molecular weight is 360 g/mol. The minimum absolute atomic E-state index is 0.167. The summed E-state index contributed by atoms with van der Waals surface area (Å²) >= 11 is 0. The normalized spacial score (nSPS) is 11.6. The number of nitrogens with zero attached hydrogens (tertiary/aromatic N) is 1. The van der Waals surface area contributed by atoms with E-state index in [-0.39, 0.29) is 17.1 Å². The zero-order valence-electron chi connectivity index (χ0n) is 13.4. The first-order chi connectivity index (χ1) is 11.9. The van der Waals surface area contributed by atoms with Gasteiger partial charge in [0.1, 0.15) is 0 Å². The third kappa shape index (κ3) is 3.63. The molecule has 1 aromatic heterocycles. The van der Waals surface area contributed by atoms with Gasteiger partial charge in [-0.15, -0.1) is 0 Å². The van der Waals surface area contributed by atoms with Gasteiger partial charge in [0.05, 0.1) is 16.2 Å². The Morgan fingerprint density at radius 2 is 1.88 bits per heavy atom. The largest absolute Gasteiger partial charge is 0.419 e. The van der Waals surface area contributed by atoms with Crippen molar-refractivity contribution >= 4 is 32.5 Å². The minimum Gasteiger partial charge on any atom is -0.408 e. The predicted molar refractivity (Wildman–Crippen MR) is 93.2 cm³/mol. The summed E-state index contributed by atoms with van der Waals surface area (Å²) in [6, 6.07) is 12.8. The van der Waals surface area contributed by atoms with Crippen LogP contribution in [0.15, 0.2) is 62.6 Å². The molecule has 0 saturated carbocycles. The van der Waals surface area contributed by atoms with Crippen LogP contribution in [0.2, 0.25) is 0 Å². The van der Waals surface area contributed by atoms with Crippen LogP contribution in [-0.2, 0) is 21.7 Å². The van der Waals surface area contributed by atoms with E-state index in [1.807, 2.05) is 0 Å². The standard InChI is InChI=1S/C17H16N2O5S/c1-19-14-11-12(7-8-15(14)24-17(19)21)18-16(20)9-10-25(22,23)13-5-3-2-4-6-13/h2-8,11H,9-10H2,1H3,(H,18,20). The number of amides is 1. The molecule has 0 saturated heterocycles. The monoisotopic (exact) mass is 360 g/mol. The van der Waals surface area contributed by atoms with Crippen LogP contribution in [0.4, 0.5) is 5.69 Å². The van der Waals surface area contributed by atoms with Crippen molar-refractivity contribution in [2.24, 2.45) is 7.05 Å². The molecule has 0 radical (unpaired) electrons. The maximum Gasteiger partial charge on any atom is 0.419 e. The van der Waals surface area contributed by atoms with Crippen LogP contribution in [0.25, 0.3) is 11.1 Å². The number of fused-ring (bicyclic) bond motifs is 1. The lowest BCUT2D eigenvalue weighted by molar-refractivity contribution is -0.115. The molecule has 0 aliphatic heterocycles. The van der Waals surface area contributed by atoms with Crippen LogP contribution in [0.1, 0.15) is 6.42 Å². The van der Waals surface area contributed by atoms with Crippen molar-refractivity contribution in [2.45, 2.75) is 11.3 Å². The summed E-state index contributed by atoms with van der Waals surface area (Å²) in [6.07, 6.45) is -0.167. The van der Waals surface area contributed by atoms with Crippen LogP contribution in [0, 0.1) is 0 Å². The Balaban J connectivity index is 1.69. The van der Waals surface area contributed by atoms with Crippen molar-refractivity contribution in [2.75, 3.05) is 11.1 Å². The van der Waals surface area contributed by atoms with Crippen molar-refractivity contribution in [1.82, 2.24) is 4.57 Å². The van der Waals surface area contributed by atoms with Crippen molar-refractivity contribution in [3.8, 4) is 0 Å². The average Bonchev–Trinajstić information content (AvgIpc) is 2.88. The summed E-state index contributed by atoms with van der Waals surface area (Å²) in [5.41, 5.74) is 1.42. The second-order valence-corrected chi connectivity index (χ2v) is 7.65. The number of nitrogens with one attached hydrogen (secondary N) is 1. The van der Waals surface area contributed by atoms with Crippen molar-refractivity contribution < 1.29 is 17.6 Å². The van der Waals surface area contributed by atoms with Gasteiger partial charge in [0, 0.05) is 19.2 Å². The van der Waals surface area contributed by atoms with Gasteiger partial charge >= 0.3 is 5.76 Å². The Morgan fingerprint density at radius 1 is 1.16 bits per heavy atom. The molecule has 0 unspecified atom stereocenters. The summed E-state index contributed by atoms with van der Waals surface area (Å²) in [5, 5.41) is 2.63. The van der Waals surface area contributed by atoms with E-state index in [0.717, 1.165) is 0 Å². The number of rotatable bonds is 5. The number of oxazole rings is 1. The van der Waals surface area contributed by atoms with Crippen LogP contribution in [0.3, 0.4) is 0 Å². The molecule has 0 spiro atoms. The first-order valence-corrected chi connectivity index (χ1v) is 9.19. The number of carbonyl (C=O) groups is 1. The fraction of sp³-hybridized carbons (Fsp3) is 0.176. The molecule has 3 rings (SSSR count). The Morgan fingerprint density at radius 3 is 2.60 bits per heavy atom. The highest BCUT2D eigenvalue weighted by Gasteiger charge is 2.16. The SMILES string of the molecule is Cn1c(=O)oc2ccc(NC(=O)CCS(=O)(=O)c3ccccc3)cc21. The molecule has 0 aliphatic carbocycles.